The van der Waals surface area contributed by atoms with Crippen molar-refractivity contribution in [1.29, 1.82) is 0 Å². The van der Waals surface area contributed by atoms with Gasteiger partial charge in [-0.1, -0.05) is 0 Å². The van der Waals surface area contributed by atoms with Gasteiger partial charge >= 0.3 is 6.18 Å². The van der Waals surface area contributed by atoms with Crippen LogP contribution in [0, 0.1) is 0 Å². The fourth-order valence-corrected chi connectivity index (χ4v) is 0.417. The Labute approximate surface area is 54.6 Å². The topological polar surface area (TPSA) is 66.4 Å². The maximum atomic E-state index is 11.1. The van der Waals surface area contributed by atoms with E-state index in [1.807, 2.05) is 0 Å². The SMILES string of the molecule is O=S(=O)([O-])OCC(F)(F)F. The van der Waals surface area contributed by atoms with E-state index in [2.05, 4.69) is 4.18 Å². The van der Waals surface area contributed by atoms with Gasteiger partial charge in [0.15, 0.2) is 6.61 Å². The average Bonchev–Trinajstić information content (AvgIpc) is 1.57. The third-order valence-corrected chi connectivity index (χ3v) is 0.773. The Morgan fingerprint density at radius 1 is 1.40 bits per heavy atom. The number of halogens is 3. The molecule has 0 heterocycles. The largest absolute Gasteiger partial charge is 0.726 e. The van der Waals surface area contributed by atoms with Crippen LogP contribution in [0.1, 0.15) is 0 Å². The van der Waals surface area contributed by atoms with Crippen molar-refractivity contribution < 1.29 is 30.3 Å². The molecule has 4 nitrogen and oxygen atoms in total. The molecule has 0 aliphatic carbocycles. The van der Waals surface area contributed by atoms with Crippen molar-refractivity contribution in [1.82, 2.24) is 0 Å². The van der Waals surface area contributed by atoms with Gasteiger partial charge in [0.2, 0.25) is 10.4 Å². The number of hydrogen-bond donors (Lipinski definition) is 0. The van der Waals surface area contributed by atoms with Crippen LogP contribution in [0.3, 0.4) is 0 Å². The van der Waals surface area contributed by atoms with Crippen molar-refractivity contribution in [3.05, 3.63) is 0 Å². The molecule has 0 unspecified atom stereocenters. The van der Waals surface area contributed by atoms with Crippen molar-refractivity contribution >= 4 is 10.4 Å². The minimum Gasteiger partial charge on any atom is -0.726 e. The molecule has 8 heteroatoms. The van der Waals surface area contributed by atoms with Gasteiger partial charge in [-0.25, -0.2) is 8.42 Å². The zero-order valence-corrected chi connectivity index (χ0v) is 5.20. The molecule has 62 valence electrons. The summed E-state index contributed by atoms with van der Waals surface area (Å²) in [6.45, 7) is -2.07. The molecule has 0 spiro atoms. The van der Waals surface area contributed by atoms with E-state index in [4.69, 9.17) is 0 Å². The molecule has 0 aromatic rings. The minimum absolute atomic E-state index is 2.07. The zero-order valence-electron chi connectivity index (χ0n) is 4.38. The van der Waals surface area contributed by atoms with Gasteiger partial charge in [0, 0.05) is 0 Å². The van der Waals surface area contributed by atoms with E-state index in [0.717, 1.165) is 0 Å². The van der Waals surface area contributed by atoms with Gasteiger partial charge in [0.05, 0.1) is 0 Å². The first-order valence-electron chi connectivity index (χ1n) is 1.88. The summed E-state index contributed by atoms with van der Waals surface area (Å²) in [5.74, 6) is 0. The molecule has 0 N–H and O–H groups in total. The predicted octanol–water partition coefficient (Wildman–Crippen LogP) is 0.0255. The molecule has 0 rings (SSSR count). The van der Waals surface area contributed by atoms with Gasteiger partial charge in [-0.15, -0.1) is 0 Å². The quantitative estimate of drug-likeness (QED) is 0.443. The summed E-state index contributed by atoms with van der Waals surface area (Å²) < 4.78 is 64.3. The van der Waals surface area contributed by atoms with Crippen molar-refractivity contribution in [2.45, 2.75) is 6.18 Å². The Hall–Kier alpha value is -0.340. The molecule has 0 bridgehead atoms. The fraction of sp³-hybridized carbons (Fsp3) is 1.00. The molecular formula is C2H2F3O4S-. The lowest BCUT2D eigenvalue weighted by Crippen LogP contribution is -2.20. The summed E-state index contributed by atoms with van der Waals surface area (Å²) >= 11 is 0. The Bertz CT molecular complexity index is 191. The van der Waals surface area contributed by atoms with Crippen LogP contribution < -0.4 is 0 Å². The third-order valence-electron chi connectivity index (χ3n) is 0.367. The average molecular weight is 179 g/mol. The lowest BCUT2D eigenvalue weighted by molar-refractivity contribution is -0.154. The van der Waals surface area contributed by atoms with E-state index in [9.17, 15) is 26.1 Å². The molecule has 0 fully saturated rings. The van der Waals surface area contributed by atoms with E-state index in [1.165, 1.54) is 0 Å². The molecule has 0 aliphatic rings. The molecule has 0 aromatic carbocycles. The normalized spacial score (nSPS) is 13.6. The number of alkyl halides is 3. The molecule has 0 radical (unpaired) electrons. The van der Waals surface area contributed by atoms with Crippen LogP contribution in [0.15, 0.2) is 0 Å². The van der Waals surface area contributed by atoms with E-state index in [-0.39, 0.29) is 0 Å². The molecule has 0 saturated heterocycles. The van der Waals surface area contributed by atoms with Crippen LogP contribution in [-0.4, -0.2) is 25.8 Å². The smallest absolute Gasteiger partial charge is 0.413 e. The predicted molar refractivity (Wildman–Crippen MR) is 21.7 cm³/mol. The second kappa shape index (κ2) is 2.72. The number of hydrogen-bond acceptors (Lipinski definition) is 4. The molecular weight excluding hydrogens is 177 g/mol. The molecule has 0 aromatic heterocycles. The second-order valence-electron chi connectivity index (χ2n) is 1.29. The van der Waals surface area contributed by atoms with Gasteiger partial charge in [-0.05, 0) is 0 Å². The maximum Gasteiger partial charge on any atom is 0.413 e. The van der Waals surface area contributed by atoms with Crippen molar-refractivity contribution in [2.24, 2.45) is 0 Å². The Kier molecular flexibility index (Phi) is 2.63. The van der Waals surface area contributed by atoms with Crippen molar-refractivity contribution in [3.63, 3.8) is 0 Å². The minimum atomic E-state index is -5.23. The van der Waals surface area contributed by atoms with E-state index >= 15 is 0 Å². The second-order valence-corrected chi connectivity index (χ2v) is 2.34. The zero-order chi connectivity index (χ0) is 8.41. The summed E-state index contributed by atoms with van der Waals surface area (Å²) in [5, 5.41) is 0. The Morgan fingerprint density at radius 3 is 1.90 bits per heavy atom. The van der Waals surface area contributed by atoms with Crippen LogP contribution >= 0.6 is 0 Å². The van der Waals surface area contributed by atoms with E-state index in [0.29, 0.717) is 0 Å². The molecule has 0 atom stereocenters. The monoisotopic (exact) mass is 179 g/mol. The van der Waals surface area contributed by atoms with Crippen LogP contribution in [0.4, 0.5) is 13.2 Å². The summed E-state index contributed by atoms with van der Waals surface area (Å²) in [4.78, 5) is 0. The van der Waals surface area contributed by atoms with Gasteiger partial charge in [0.1, 0.15) is 0 Å². The lowest BCUT2D eigenvalue weighted by Gasteiger charge is -2.08. The van der Waals surface area contributed by atoms with Gasteiger partial charge in [-0.2, -0.15) is 13.2 Å². The molecule has 10 heavy (non-hydrogen) atoms. The highest BCUT2D eigenvalue weighted by Crippen LogP contribution is 2.14. The summed E-state index contributed by atoms with van der Waals surface area (Å²) in [7, 11) is -5.23. The van der Waals surface area contributed by atoms with Gasteiger partial charge in [0.25, 0.3) is 0 Å². The summed E-state index contributed by atoms with van der Waals surface area (Å²) in [5.41, 5.74) is 0. The highest BCUT2D eigenvalue weighted by atomic mass is 32.3. The first-order valence-corrected chi connectivity index (χ1v) is 3.21. The third kappa shape index (κ3) is 7.66. The first kappa shape index (κ1) is 9.66. The Morgan fingerprint density at radius 2 is 1.80 bits per heavy atom. The van der Waals surface area contributed by atoms with Crippen LogP contribution in [-0.2, 0) is 14.6 Å². The number of rotatable bonds is 2. The van der Waals surface area contributed by atoms with Crippen LogP contribution in [0.5, 0.6) is 0 Å². The van der Waals surface area contributed by atoms with Gasteiger partial charge < -0.3 is 4.55 Å². The summed E-state index contributed by atoms with van der Waals surface area (Å²) in [6, 6.07) is 0. The van der Waals surface area contributed by atoms with E-state index in [1.54, 1.807) is 0 Å². The fourth-order valence-electron chi connectivity index (χ4n) is 0.139. The van der Waals surface area contributed by atoms with Crippen LogP contribution in [0.25, 0.3) is 0 Å². The lowest BCUT2D eigenvalue weighted by atomic mass is 10.7. The maximum absolute atomic E-state index is 11.1. The Balaban J connectivity index is 3.79. The molecule has 0 saturated carbocycles. The van der Waals surface area contributed by atoms with Crippen molar-refractivity contribution in [2.75, 3.05) is 6.61 Å². The van der Waals surface area contributed by atoms with Gasteiger partial charge in [-0.3, -0.25) is 4.18 Å². The molecule has 0 amide bonds. The van der Waals surface area contributed by atoms with Crippen molar-refractivity contribution in [3.8, 4) is 0 Å². The van der Waals surface area contributed by atoms with Crippen LogP contribution in [0.2, 0.25) is 0 Å². The highest BCUT2D eigenvalue weighted by Gasteiger charge is 2.28. The molecule has 0 aliphatic heterocycles. The first-order chi connectivity index (χ1) is 4.21. The van der Waals surface area contributed by atoms with E-state index < -0.39 is 23.2 Å². The highest BCUT2D eigenvalue weighted by molar-refractivity contribution is 7.80. The summed E-state index contributed by atoms with van der Waals surface area (Å²) in [6.07, 6.45) is -4.79. The standard InChI is InChI=1S/C2H3F3O4S/c3-2(4,5)1-9-10(6,7)8/h1H2,(H,6,7,8)/p-1.